The molecule has 0 N–H and O–H groups in total. The van der Waals surface area contributed by atoms with E-state index in [0.29, 0.717) is 0 Å². The molecule has 0 saturated heterocycles. The first-order chi connectivity index (χ1) is 12.7. The number of hydrogen-bond donors (Lipinski definition) is 0. The molecule has 26 heavy (non-hydrogen) atoms. The van der Waals surface area contributed by atoms with Gasteiger partial charge in [-0.1, -0.05) is 30.9 Å². The van der Waals surface area contributed by atoms with Gasteiger partial charge >= 0.3 is 5.27 Å². The quantitative estimate of drug-likeness (QED) is 0.265. The van der Waals surface area contributed by atoms with Crippen LogP contribution in [-0.2, 0) is 12.8 Å². The highest BCUT2D eigenvalue weighted by Gasteiger charge is 2.25. The lowest BCUT2D eigenvalue weighted by Gasteiger charge is -2.20. The lowest BCUT2D eigenvalue weighted by molar-refractivity contribution is 0.183. The number of methoxy groups -OCH3 is 1. The summed E-state index contributed by atoms with van der Waals surface area (Å²) in [6.45, 7) is 6.05. The summed E-state index contributed by atoms with van der Waals surface area (Å²) in [6, 6.07) is 7.91. The molecule has 1 unspecified atom stereocenters. The second-order valence-corrected chi connectivity index (χ2v) is 7.25. The highest BCUT2D eigenvalue weighted by Crippen LogP contribution is 2.33. The predicted molar refractivity (Wildman–Crippen MR) is 119 cm³/mol. The Hall–Kier alpha value is -1.63. The molecule has 0 spiro atoms. The second kappa shape index (κ2) is 8.84. The topological polar surface area (TPSA) is 23.4 Å². The third kappa shape index (κ3) is 3.87. The molecular weight excluding hydrogens is 436 g/mol. The van der Waals surface area contributed by atoms with E-state index in [1.54, 1.807) is 7.11 Å². The first-order valence-corrected chi connectivity index (χ1v) is 10.6. The van der Waals surface area contributed by atoms with Crippen molar-refractivity contribution in [2.45, 2.75) is 38.7 Å². The van der Waals surface area contributed by atoms with Crippen molar-refractivity contribution in [2.24, 2.45) is 0 Å². The van der Waals surface area contributed by atoms with Crippen molar-refractivity contribution in [3.05, 3.63) is 65.5 Å². The van der Waals surface area contributed by atoms with Crippen LogP contribution in [0.15, 0.2) is 43.0 Å². The van der Waals surface area contributed by atoms with Crippen LogP contribution in [0, 0.1) is 6.92 Å². The molecule has 0 fully saturated rings. The summed E-state index contributed by atoms with van der Waals surface area (Å²) in [6.07, 6.45) is 10.4. The monoisotopic (exact) mass is 461 g/mol. The summed E-state index contributed by atoms with van der Waals surface area (Å²) in [5.41, 5.74) is 5.60. The maximum absolute atomic E-state index is 6.37. The van der Waals surface area contributed by atoms with E-state index >= 15 is 0 Å². The number of ether oxygens (including phenoxy) is 2. The van der Waals surface area contributed by atoms with Crippen LogP contribution in [0.1, 0.15) is 35.4 Å². The Balaban J connectivity index is 1.92. The fourth-order valence-electron chi connectivity index (χ4n) is 3.78. The molecule has 3 nitrogen and oxygen atoms in total. The highest BCUT2D eigenvalue weighted by atomic mass is 127. The number of allylic oxidation sites excluding steroid dienone is 2. The van der Waals surface area contributed by atoms with Crippen molar-refractivity contribution in [1.29, 1.82) is 0 Å². The fourth-order valence-corrected chi connectivity index (χ4v) is 4.56. The normalized spacial score (nSPS) is 16.8. The SMILES string of the molecule is C=C/C=C\c1c(C)c2c(n1BI)CC(Oc1ccccc1OC)CCC2. The minimum absolute atomic E-state index is 0.166. The number of fused-ring (bicyclic) bond motifs is 1. The largest absolute Gasteiger partial charge is 0.493 e. The van der Waals surface area contributed by atoms with Crippen molar-refractivity contribution in [3.8, 4) is 11.5 Å². The standard InChI is InChI=1S/C21H25BINO2/c1-4-5-11-18-15(2)17-10-8-9-16(14-19(17)24(18)22-23)26-21-13-7-6-12-20(21)25-3/h4-7,11-13,16,22H,1,8-10,14H2,2-3H3/b11-5-. The molecule has 0 amide bonds. The van der Waals surface area contributed by atoms with Gasteiger partial charge in [0.2, 0.25) is 0 Å². The van der Waals surface area contributed by atoms with Gasteiger partial charge < -0.3 is 14.0 Å². The number of nitrogens with zero attached hydrogens (tertiary/aromatic N) is 1. The molecule has 1 atom stereocenters. The van der Waals surface area contributed by atoms with Gasteiger partial charge in [-0.05, 0) is 55.5 Å². The number of halogens is 1. The van der Waals surface area contributed by atoms with Crippen LogP contribution in [0.4, 0.5) is 0 Å². The first kappa shape index (κ1) is 19.1. The molecule has 1 aromatic carbocycles. The van der Waals surface area contributed by atoms with E-state index in [1.165, 1.54) is 22.5 Å². The molecule has 1 aliphatic carbocycles. The van der Waals surface area contributed by atoms with Gasteiger partial charge in [-0.25, -0.2) is 0 Å². The molecular formula is C21H25BINO2. The number of hydrogen-bond acceptors (Lipinski definition) is 2. The van der Waals surface area contributed by atoms with Crippen LogP contribution in [0.3, 0.4) is 0 Å². The summed E-state index contributed by atoms with van der Waals surface area (Å²) in [7, 11) is 1.69. The Labute approximate surface area is 170 Å². The fraction of sp³-hybridized carbons (Fsp3) is 0.333. The molecule has 3 rings (SSSR count). The lowest BCUT2D eigenvalue weighted by atomic mass is 10.1. The molecule has 1 aromatic heterocycles. The second-order valence-electron chi connectivity index (χ2n) is 6.56. The summed E-state index contributed by atoms with van der Waals surface area (Å²) >= 11 is 2.45. The van der Waals surface area contributed by atoms with E-state index in [0.717, 1.165) is 42.5 Å². The van der Waals surface area contributed by atoms with Gasteiger partial charge in [0.25, 0.3) is 0 Å². The average molecular weight is 461 g/mol. The first-order valence-electron chi connectivity index (χ1n) is 9.05. The van der Waals surface area contributed by atoms with E-state index in [2.05, 4.69) is 46.4 Å². The van der Waals surface area contributed by atoms with E-state index < -0.39 is 0 Å². The zero-order valence-electron chi connectivity index (χ0n) is 15.5. The van der Waals surface area contributed by atoms with Crippen LogP contribution in [0.2, 0.25) is 0 Å². The maximum atomic E-state index is 6.37. The van der Waals surface area contributed by atoms with Crippen LogP contribution in [0.5, 0.6) is 11.5 Å². The zero-order valence-corrected chi connectivity index (χ0v) is 17.7. The molecule has 1 aliphatic rings. The molecule has 0 bridgehead atoms. The minimum Gasteiger partial charge on any atom is -0.493 e. The van der Waals surface area contributed by atoms with Gasteiger partial charge in [0, 0.05) is 17.8 Å². The number of aromatic nitrogens is 1. The van der Waals surface area contributed by atoms with E-state index in [9.17, 15) is 0 Å². The molecule has 5 heteroatoms. The number of para-hydroxylation sites is 2. The van der Waals surface area contributed by atoms with Crippen LogP contribution in [-0.4, -0.2) is 23.0 Å². The number of rotatable bonds is 6. The smallest absolute Gasteiger partial charge is 0.314 e. The van der Waals surface area contributed by atoms with Crippen molar-refractivity contribution in [1.82, 2.24) is 4.48 Å². The molecule has 1 heterocycles. The van der Waals surface area contributed by atoms with Crippen molar-refractivity contribution >= 4 is 33.7 Å². The van der Waals surface area contributed by atoms with Crippen LogP contribution in [0.25, 0.3) is 6.08 Å². The summed E-state index contributed by atoms with van der Waals surface area (Å²) in [5.74, 6) is 1.63. The van der Waals surface area contributed by atoms with Crippen LogP contribution < -0.4 is 9.47 Å². The molecule has 2 aromatic rings. The Morgan fingerprint density at radius 1 is 1.31 bits per heavy atom. The van der Waals surface area contributed by atoms with Gasteiger partial charge in [-0.3, -0.25) is 0 Å². The predicted octanol–water partition coefficient (Wildman–Crippen LogP) is 4.88. The summed E-state index contributed by atoms with van der Waals surface area (Å²) in [4.78, 5) is 0. The van der Waals surface area contributed by atoms with E-state index in [-0.39, 0.29) is 6.10 Å². The Morgan fingerprint density at radius 2 is 2.08 bits per heavy atom. The zero-order chi connectivity index (χ0) is 18.5. The minimum atomic E-state index is 0.166. The number of benzene rings is 1. The van der Waals surface area contributed by atoms with Gasteiger partial charge in [0.15, 0.2) is 11.5 Å². The van der Waals surface area contributed by atoms with Gasteiger partial charge in [0.1, 0.15) is 6.10 Å². The van der Waals surface area contributed by atoms with Gasteiger partial charge in [-0.15, -0.1) is 22.4 Å². The average Bonchev–Trinajstić information content (AvgIpc) is 2.79. The lowest BCUT2D eigenvalue weighted by Crippen LogP contribution is -2.21. The highest BCUT2D eigenvalue weighted by molar-refractivity contribution is 14.1. The Kier molecular flexibility index (Phi) is 6.51. The van der Waals surface area contributed by atoms with E-state index in [4.69, 9.17) is 9.47 Å². The summed E-state index contributed by atoms with van der Waals surface area (Å²) < 4.78 is 14.2. The molecule has 136 valence electrons. The maximum Gasteiger partial charge on any atom is 0.314 e. The molecule has 0 aliphatic heterocycles. The molecule has 0 saturated carbocycles. The van der Waals surface area contributed by atoms with Gasteiger partial charge in [0.05, 0.1) is 7.11 Å². The third-order valence-corrected chi connectivity index (χ3v) is 5.73. The summed E-state index contributed by atoms with van der Waals surface area (Å²) in [5, 5.41) is 0.937. The van der Waals surface area contributed by atoms with Gasteiger partial charge in [-0.2, -0.15) is 0 Å². The van der Waals surface area contributed by atoms with E-state index in [1.807, 2.05) is 36.4 Å². The third-order valence-electron chi connectivity index (χ3n) is 5.05. The van der Waals surface area contributed by atoms with Crippen molar-refractivity contribution < 1.29 is 9.47 Å². The Morgan fingerprint density at radius 3 is 2.77 bits per heavy atom. The molecule has 0 radical (unpaired) electrons. The Bertz CT molecular complexity index is 813. The van der Waals surface area contributed by atoms with Crippen molar-refractivity contribution in [2.75, 3.05) is 7.11 Å². The van der Waals surface area contributed by atoms with Crippen molar-refractivity contribution in [3.63, 3.8) is 0 Å². The van der Waals surface area contributed by atoms with Crippen LogP contribution >= 0.6 is 22.4 Å².